The predicted octanol–water partition coefficient (Wildman–Crippen LogP) is 2.77. The van der Waals surface area contributed by atoms with Gasteiger partial charge in [0, 0.05) is 24.0 Å². The van der Waals surface area contributed by atoms with Crippen molar-refractivity contribution in [2.75, 3.05) is 0 Å². The van der Waals surface area contributed by atoms with E-state index in [9.17, 15) is 0 Å². The Morgan fingerprint density at radius 3 is 2.47 bits per heavy atom. The van der Waals surface area contributed by atoms with Crippen molar-refractivity contribution in [3.05, 3.63) is 54.4 Å². The SMILES string of the molecule is C[C@H](N)c1cncc(-c2ccccc2)c1. The van der Waals surface area contributed by atoms with Crippen LogP contribution in [0.4, 0.5) is 0 Å². The summed E-state index contributed by atoms with van der Waals surface area (Å²) in [5.74, 6) is 0. The molecule has 0 aliphatic heterocycles. The van der Waals surface area contributed by atoms with Crippen molar-refractivity contribution in [1.29, 1.82) is 0 Å². The molecule has 0 fully saturated rings. The van der Waals surface area contributed by atoms with Crippen LogP contribution >= 0.6 is 0 Å². The zero-order valence-electron chi connectivity index (χ0n) is 8.72. The second-order valence-corrected chi connectivity index (χ2v) is 3.66. The first-order valence-electron chi connectivity index (χ1n) is 5.03. The van der Waals surface area contributed by atoms with Gasteiger partial charge in [0.2, 0.25) is 0 Å². The van der Waals surface area contributed by atoms with Crippen LogP contribution in [-0.2, 0) is 0 Å². The Balaban J connectivity index is 2.42. The summed E-state index contributed by atoms with van der Waals surface area (Å²) < 4.78 is 0. The van der Waals surface area contributed by atoms with E-state index in [1.165, 1.54) is 5.56 Å². The molecular weight excluding hydrogens is 184 g/mol. The summed E-state index contributed by atoms with van der Waals surface area (Å²) in [5.41, 5.74) is 9.18. The summed E-state index contributed by atoms with van der Waals surface area (Å²) >= 11 is 0. The first kappa shape index (κ1) is 9.87. The van der Waals surface area contributed by atoms with Gasteiger partial charge in [-0.05, 0) is 24.1 Å². The minimum Gasteiger partial charge on any atom is -0.324 e. The molecule has 0 saturated heterocycles. The fourth-order valence-corrected chi connectivity index (χ4v) is 1.50. The number of nitrogens with two attached hydrogens (primary N) is 1. The van der Waals surface area contributed by atoms with Crippen molar-refractivity contribution in [3.8, 4) is 11.1 Å². The highest BCUT2D eigenvalue weighted by molar-refractivity contribution is 5.62. The summed E-state index contributed by atoms with van der Waals surface area (Å²) in [6.07, 6.45) is 3.68. The molecule has 0 bridgehead atoms. The molecule has 0 amide bonds. The molecule has 76 valence electrons. The van der Waals surface area contributed by atoms with E-state index in [2.05, 4.69) is 23.2 Å². The molecule has 0 spiro atoms. The lowest BCUT2D eigenvalue weighted by molar-refractivity contribution is 0.812. The molecule has 2 heteroatoms. The lowest BCUT2D eigenvalue weighted by Gasteiger charge is -2.07. The van der Waals surface area contributed by atoms with E-state index in [1.54, 1.807) is 0 Å². The summed E-state index contributed by atoms with van der Waals surface area (Å²) in [7, 11) is 0. The van der Waals surface area contributed by atoms with Gasteiger partial charge < -0.3 is 5.73 Å². The van der Waals surface area contributed by atoms with E-state index in [-0.39, 0.29) is 6.04 Å². The summed E-state index contributed by atoms with van der Waals surface area (Å²) in [6, 6.07) is 12.3. The molecule has 1 heterocycles. The van der Waals surface area contributed by atoms with Gasteiger partial charge in [-0.2, -0.15) is 0 Å². The molecular formula is C13H14N2. The van der Waals surface area contributed by atoms with Gasteiger partial charge in [0.05, 0.1) is 0 Å². The van der Waals surface area contributed by atoms with Crippen molar-refractivity contribution in [1.82, 2.24) is 4.98 Å². The molecule has 1 aromatic carbocycles. The summed E-state index contributed by atoms with van der Waals surface area (Å²) in [5, 5.41) is 0. The van der Waals surface area contributed by atoms with Gasteiger partial charge in [-0.3, -0.25) is 4.98 Å². The number of benzene rings is 1. The molecule has 0 unspecified atom stereocenters. The molecule has 2 N–H and O–H groups in total. The molecule has 0 aliphatic rings. The highest BCUT2D eigenvalue weighted by atomic mass is 14.7. The maximum atomic E-state index is 5.82. The lowest BCUT2D eigenvalue weighted by Crippen LogP contribution is -2.05. The Kier molecular flexibility index (Phi) is 2.79. The van der Waals surface area contributed by atoms with Crippen LogP contribution in [0.3, 0.4) is 0 Å². The third-order valence-electron chi connectivity index (χ3n) is 2.39. The van der Waals surface area contributed by atoms with Gasteiger partial charge in [-0.1, -0.05) is 30.3 Å². The van der Waals surface area contributed by atoms with Crippen LogP contribution in [0.2, 0.25) is 0 Å². The van der Waals surface area contributed by atoms with Crippen molar-refractivity contribution in [2.24, 2.45) is 5.73 Å². The van der Waals surface area contributed by atoms with Gasteiger partial charge in [0.15, 0.2) is 0 Å². The van der Waals surface area contributed by atoms with Gasteiger partial charge in [0.25, 0.3) is 0 Å². The molecule has 0 aliphatic carbocycles. The van der Waals surface area contributed by atoms with Gasteiger partial charge in [0.1, 0.15) is 0 Å². The zero-order valence-corrected chi connectivity index (χ0v) is 8.72. The van der Waals surface area contributed by atoms with Crippen LogP contribution in [0.5, 0.6) is 0 Å². The van der Waals surface area contributed by atoms with E-state index in [0.29, 0.717) is 0 Å². The second-order valence-electron chi connectivity index (χ2n) is 3.66. The standard InChI is InChI=1S/C13H14N2/c1-10(14)12-7-13(9-15-8-12)11-5-3-2-4-6-11/h2-10H,14H2,1H3/t10-/m0/s1. The Labute approximate surface area is 89.8 Å². The molecule has 0 saturated carbocycles. The van der Waals surface area contributed by atoms with Crippen LogP contribution in [-0.4, -0.2) is 4.98 Å². The Hall–Kier alpha value is -1.67. The third kappa shape index (κ3) is 2.22. The van der Waals surface area contributed by atoms with Crippen LogP contribution in [0.15, 0.2) is 48.8 Å². The fraction of sp³-hybridized carbons (Fsp3) is 0.154. The van der Waals surface area contributed by atoms with Crippen LogP contribution in [0.1, 0.15) is 18.5 Å². The summed E-state index contributed by atoms with van der Waals surface area (Å²) in [6.45, 7) is 1.96. The zero-order chi connectivity index (χ0) is 10.7. The smallest absolute Gasteiger partial charge is 0.0346 e. The normalized spacial score (nSPS) is 12.4. The third-order valence-corrected chi connectivity index (χ3v) is 2.39. The van der Waals surface area contributed by atoms with Gasteiger partial charge >= 0.3 is 0 Å². The molecule has 2 aromatic rings. The number of pyridine rings is 1. The van der Waals surface area contributed by atoms with E-state index in [0.717, 1.165) is 11.1 Å². The average Bonchev–Trinajstić information content (AvgIpc) is 2.30. The van der Waals surface area contributed by atoms with Crippen LogP contribution < -0.4 is 5.73 Å². The molecule has 1 atom stereocenters. The van der Waals surface area contributed by atoms with Crippen molar-refractivity contribution < 1.29 is 0 Å². The highest BCUT2D eigenvalue weighted by Gasteiger charge is 2.02. The topological polar surface area (TPSA) is 38.9 Å². The predicted molar refractivity (Wildman–Crippen MR) is 62.3 cm³/mol. The minimum atomic E-state index is 0.0289. The molecule has 15 heavy (non-hydrogen) atoms. The maximum absolute atomic E-state index is 5.82. The number of rotatable bonds is 2. The van der Waals surface area contributed by atoms with E-state index in [4.69, 9.17) is 5.73 Å². The molecule has 0 radical (unpaired) electrons. The van der Waals surface area contributed by atoms with Crippen molar-refractivity contribution in [3.63, 3.8) is 0 Å². The second kappa shape index (κ2) is 4.24. The summed E-state index contributed by atoms with van der Waals surface area (Å²) in [4.78, 5) is 4.20. The average molecular weight is 198 g/mol. The lowest BCUT2D eigenvalue weighted by atomic mass is 10.0. The highest BCUT2D eigenvalue weighted by Crippen LogP contribution is 2.20. The number of hydrogen-bond donors (Lipinski definition) is 1. The monoisotopic (exact) mass is 198 g/mol. The number of hydrogen-bond acceptors (Lipinski definition) is 2. The van der Waals surface area contributed by atoms with E-state index < -0.39 is 0 Å². The Bertz CT molecular complexity index is 435. The Morgan fingerprint density at radius 2 is 1.80 bits per heavy atom. The molecule has 2 nitrogen and oxygen atoms in total. The first-order valence-corrected chi connectivity index (χ1v) is 5.03. The van der Waals surface area contributed by atoms with E-state index >= 15 is 0 Å². The number of nitrogens with zero attached hydrogens (tertiary/aromatic N) is 1. The van der Waals surface area contributed by atoms with Crippen molar-refractivity contribution in [2.45, 2.75) is 13.0 Å². The van der Waals surface area contributed by atoms with E-state index in [1.807, 2.05) is 37.5 Å². The largest absolute Gasteiger partial charge is 0.324 e. The number of aromatic nitrogens is 1. The van der Waals surface area contributed by atoms with Gasteiger partial charge in [-0.25, -0.2) is 0 Å². The first-order chi connectivity index (χ1) is 7.27. The minimum absolute atomic E-state index is 0.0289. The fourth-order valence-electron chi connectivity index (χ4n) is 1.50. The van der Waals surface area contributed by atoms with Crippen molar-refractivity contribution >= 4 is 0 Å². The maximum Gasteiger partial charge on any atom is 0.0346 e. The molecule has 2 rings (SSSR count). The van der Waals surface area contributed by atoms with Crippen LogP contribution in [0.25, 0.3) is 11.1 Å². The quantitative estimate of drug-likeness (QED) is 0.805. The van der Waals surface area contributed by atoms with Gasteiger partial charge in [-0.15, -0.1) is 0 Å². The Morgan fingerprint density at radius 1 is 1.07 bits per heavy atom. The van der Waals surface area contributed by atoms with Crippen LogP contribution in [0, 0.1) is 0 Å². The molecule has 1 aromatic heterocycles.